The summed E-state index contributed by atoms with van der Waals surface area (Å²) in [5, 5.41) is 2.84. The fourth-order valence-electron chi connectivity index (χ4n) is 3.48. The predicted octanol–water partition coefficient (Wildman–Crippen LogP) is 2.99. The molecule has 1 atom stereocenters. The van der Waals surface area contributed by atoms with Crippen LogP contribution < -0.4 is 5.32 Å². The molecule has 1 aromatic heterocycles. The Bertz CT molecular complexity index is 791. The number of imidazole rings is 1. The number of aryl methyl sites for hydroxylation is 1. The Balaban J connectivity index is 1.46. The number of piperidine rings is 1. The fourth-order valence-corrected chi connectivity index (χ4v) is 3.48. The number of nitrogens with one attached hydrogen (secondary N) is 1. The van der Waals surface area contributed by atoms with Crippen LogP contribution in [0.5, 0.6) is 0 Å². The molecule has 1 N–H and O–H groups in total. The number of rotatable bonds is 6. The molecule has 2 heterocycles. The van der Waals surface area contributed by atoms with Gasteiger partial charge in [0.25, 0.3) is 0 Å². The van der Waals surface area contributed by atoms with E-state index in [1.807, 2.05) is 4.90 Å². The number of hydrogen-bond donors (Lipinski definition) is 1. The topological polar surface area (TPSA) is 67.2 Å². The molecule has 3 rings (SSSR count). The molecule has 1 fully saturated rings. The molecule has 6 nitrogen and oxygen atoms in total. The SMILES string of the molecule is Cc1cc(F)ccc1NC(=O)CCC1CCCN(C(=O)Cn2ccnc2)C1. The number of nitrogens with zero attached hydrogens (tertiary/aromatic N) is 3. The van der Waals surface area contributed by atoms with Crippen molar-refractivity contribution in [2.45, 2.75) is 39.2 Å². The van der Waals surface area contributed by atoms with Gasteiger partial charge in [0.05, 0.1) is 6.33 Å². The van der Waals surface area contributed by atoms with Gasteiger partial charge >= 0.3 is 0 Å². The summed E-state index contributed by atoms with van der Waals surface area (Å²) >= 11 is 0. The molecule has 1 unspecified atom stereocenters. The van der Waals surface area contributed by atoms with Crippen molar-refractivity contribution in [3.8, 4) is 0 Å². The lowest BCUT2D eigenvalue weighted by atomic mass is 9.93. The summed E-state index contributed by atoms with van der Waals surface area (Å²) in [6, 6.07) is 4.33. The number of aromatic nitrogens is 2. The normalized spacial score (nSPS) is 17.0. The van der Waals surface area contributed by atoms with Crippen LogP contribution in [0.2, 0.25) is 0 Å². The van der Waals surface area contributed by atoms with E-state index in [0.717, 1.165) is 25.8 Å². The molecule has 1 aliphatic rings. The van der Waals surface area contributed by atoms with Crippen LogP contribution in [0.4, 0.5) is 10.1 Å². The third-order valence-corrected chi connectivity index (χ3v) is 4.99. The van der Waals surface area contributed by atoms with Crippen molar-refractivity contribution in [1.82, 2.24) is 14.5 Å². The molecule has 27 heavy (non-hydrogen) atoms. The van der Waals surface area contributed by atoms with Crippen LogP contribution in [0.3, 0.4) is 0 Å². The van der Waals surface area contributed by atoms with Gasteiger partial charge < -0.3 is 14.8 Å². The molecule has 0 aliphatic carbocycles. The minimum absolute atomic E-state index is 0.0772. The molecule has 0 radical (unpaired) electrons. The molecule has 1 saturated heterocycles. The molecule has 1 aliphatic heterocycles. The van der Waals surface area contributed by atoms with E-state index in [-0.39, 0.29) is 17.6 Å². The Morgan fingerprint density at radius 3 is 2.96 bits per heavy atom. The van der Waals surface area contributed by atoms with Crippen LogP contribution in [0, 0.1) is 18.7 Å². The van der Waals surface area contributed by atoms with E-state index >= 15 is 0 Å². The van der Waals surface area contributed by atoms with Gasteiger partial charge in [-0.3, -0.25) is 9.59 Å². The quantitative estimate of drug-likeness (QED) is 0.848. The smallest absolute Gasteiger partial charge is 0.242 e. The van der Waals surface area contributed by atoms with Gasteiger partial charge in [-0.25, -0.2) is 9.37 Å². The van der Waals surface area contributed by atoms with Gasteiger partial charge in [0, 0.05) is 37.6 Å². The molecule has 1 aromatic carbocycles. The number of benzene rings is 1. The zero-order chi connectivity index (χ0) is 19.2. The molecular formula is C20H25FN4O2. The first-order valence-corrected chi connectivity index (χ1v) is 9.31. The summed E-state index contributed by atoms with van der Waals surface area (Å²) in [6.45, 7) is 3.53. The third-order valence-electron chi connectivity index (χ3n) is 4.99. The number of amides is 2. The molecule has 2 amide bonds. The third kappa shape index (κ3) is 5.39. The van der Waals surface area contributed by atoms with E-state index in [4.69, 9.17) is 0 Å². The minimum Gasteiger partial charge on any atom is -0.341 e. The summed E-state index contributed by atoms with van der Waals surface area (Å²) in [5.74, 6) is 0.0226. The molecule has 0 bridgehead atoms. The van der Waals surface area contributed by atoms with Crippen LogP contribution in [-0.2, 0) is 16.1 Å². The number of halogens is 1. The Morgan fingerprint density at radius 1 is 1.37 bits per heavy atom. The fraction of sp³-hybridized carbons (Fsp3) is 0.450. The number of carbonyl (C=O) groups is 2. The lowest BCUT2D eigenvalue weighted by molar-refractivity contribution is -0.133. The van der Waals surface area contributed by atoms with Crippen molar-refractivity contribution in [3.05, 3.63) is 48.3 Å². The molecule has 0 spiro atoms. The molecule has 144 valence electrons. The second-order valence-electron chi connectivity index (χ2n) is 7.13. The average Bonchev–Trinajstić information content (AvgIpc) is 3.15. The van der Waals surface area contributed by atoms with Crippen molar-refractivity contribution in [1.29, 1.82) is 0 Å². The van der Waals surface area contributed by atoms with E-state index in [2.05, 4.69) is 10.3 Å². The van der Waals surface area contributed by atoms with E-state index in [1.54, 1.807) is 36.3 Å². The highest BCUT2D eigenvalue weighted by atomic mass is 19.1. The lowest BCUT2D eigenvalue weighted by Crippen LogP contribution is -2.41. The highest BCUT2D eigenvalue weighted by molar-refractivity contribution is 5.91. The van der Waals surface area contributed by atoms with Gasteiger partial charge in [-0.2, -0.15) is 0 Å². The molecule has 7 heteroatoms. The summed E-state index contributed by atoms with van der Waals surface area (Å²) in [6.07, 6.45) is 8.19. The zero-order valence-electron chi connectivity index (χ0n) is 15.5. The van der Waals surface area contributed by atoms with Crippen LogP contribution in [0.15, 0.2) is 36.9 Å². The van der Waals surface area contributed by atoms with Crippen molar-refractivity contribution >= 4 is 17.5 Å². The van der Waals surface area contributed by atoms with Crippen LogP contribution >= 0.6 is 0 Å². The average molecular weight is 372 g/mol. The number of anilines is 1. The zero-order valence-corrected chi connectivity index (χ0v) is 15.5. The van der Waals surface area contributed by atoms with E-state index < -0.39 is 0 Å². The van der Waals surface area contributed by atoms with Crippen molar-refractivity contribution in [3.63, 3.8) is 0 Å². The second kappa shape index (κ2) is 8.79. The van der Waals surface area contributed by atoms with Gasteiger partial charge in [0.2, 0.25) is 11.8 Å². The summed E-state index contributed by atoms with van der Waals surface area (Å²) in [5.41, 5.74) is 1.35. The maximum Gasteiger partial charge on any atom is 0.242 e. The lowest BCUT2D eigenvalue weighted by Gasteiger charge is -2.33. The number of likely N-dealkylation sites (tertiary alicyclic amines) is 1. The Labute approximate surface area is 158 Å². The van der Waals surface area contributed by atoms with Gasteiger partial charge in [0.15, 0.2) is 0 Å². The van der Waals surface area contributed by atoms with Crippen molar-refractivity contribution in [2.24, 2.45) is 5.92 Å². The monoisotopic (exact) mass is 372 g/mol. The maximum absolute atomic E-state index is 13.1. The van der Waals surface area contributed by atoms with E-state index in [9.17, 15) is 14.0 Å². The van der Waals surface area contributed by atoms with Gasteiger partial charge in [-0.15, -0.1) is 0 Å². The van der Waals surface area contributed by atoms with Crippen LogP contribution in [0.25, 0.3) is 0 Å². The Morgan fingerprint density at radius 2 is 2.22 bits per heavy atom. The van der Waals surface area contributed by atoms with Gasteiger partial charge in [0.1, 0.15) is 12.4 Å². The molecular weight excluding hydrogens is 347 g/mol. The maximum atomic E-state index is 13.1. The van der Waals surface area contributed by atoms with E-state index in [0.29, 0.717) is 36.7 Å². The van der Waals surface area contributed by atoms with Crippen molar-refractivity contribution < 1.29 is 14.0 Å². The van der Waals surface area contributed by atoms with Crippen LogP contribution in [-0.4, -0.2) is 39.4 Å². The first-order valence-electron chi connectivity index (χ1n) is 9.31. The Kier molecular flexibility index (Phi) is 6.21. The summed E-state index contributed by atoms with van der Waals surface area (Å²) in [4.78, 5) is 30.5. The largest absolute Gasteiger partial charge is 0.341 e. The van der Waals surface area contributed by atoms with Crippen LogP contribution in [0.1, 0.15) is 31.2 Å². The van der Waals surface area contributed by atoms with Crippen molar-refractivity contribution in [2.75, 3.05) is 18.4 Å². The summed E-state index contributed by atoms with van der Waals surface area (Å²) < 4.78 is 14.9. The molecule has 0 saturated carbocycles. The number of carbonyl (C=O) groups excluding carboxylic acids is 2. The Hall–Kier alpha value is -2.70. The summed E-state index contributed by atoms with van der Waals surface area (Å²) in [7, 11) is 0. The molecule has 2 aromatic rings. The highest BCUT2D eigenvalue weighted by Crippen LogP contribution is 2.22. The highest BCUT2D eigenvalue weighted by Gasteiger charge is 2.24. The first-order chi connectivity index (χ1) is 13.0. The predicted molar refractivity (Wildman–Crippen MR) is 101 cm³/mol. The minimum atomic E-state index is -0.312. The van der Waals surface area contributed by atoms with Gasteiger partial charge in [-0.05, 0) is 55.9 Å². The standard InChI is InChI=1S/C20H25FN4O2/c1-15-11-17(21)5-6-18(15)23-19(26)7-4-16-3-2-9-25(12-16)20(27)13-24-10-8-22-14-24/h5-6,8,10-11,14,16H,2-4,7,9,12-13H2,1H3,(H,23,26). The van der Waals surface area contributed by atoms with E-state index in [1.165, 1.54) is 12.1 Å². The first kappa shape index (κ1) is 19.1. The second-order valence-corrected chi connectivity index (χ2v) is 7.13. The number of hydrogen-bond acceptors (Lipinski definition) is 3. The van der Waals surface area contributed by atoms with Gasteiger partial charge in [-0.1, -0.05) is 0 Å².